The van der Waals surface area contributed by atoms with Gasteiger partial charge in [-0.1, -0.05) is 53.5 Å². The molecule has 0 amide bonds. The van der Waals surface area contributed by atoms with Gasteiger partial charge in [0.2, 0.25) is 0 Å². The predicted octanol–water partition coefficient (Wildman–Crippen LogP) is 7.47. The number of nitrogens with zero attached hydrogens (tertiary/aromatic N) is 4. The van der Waals surface area contributed by atoms with E-state index in [2.05, 4.69) is 37.0 Å². The van der Waals surface area contributed by atoms with E-state index in [9.17, 15) is 14.9 Å². The third kappa shape index (κ3) is 6.15. The lowest BCUT2D eigenvalue weighted by Gasteiger charge is -2.16. The Kier molecular flexibility index (Phi) is 9.04. The van der Waals surface area contributed by atoms with E-state index in [0.717, 1.165) is 10.9 Å². The zero-order chi connectivity index (χ0) is 28.3. The van der Waals surface area contributed by atoms with Crippen molar-refractivity contribution in [3.63, 3.8) is 0 Å². The molecule has 0 unspecified atom stereocenters. The van der Waals surface area contributed by atoms with Crippen LogP contribution in [0.3, 0.4) is 0 Å². The summed E-state index contributed by atoms with van der Waals surface area (Å²) < 4.78 is 14.0. The molecule has 1 heterocycles. The van der Waals surface area contributed by atoms with Crippen LogP contribution in [0.5, 0.6) is 11.5 Å². The fraction of sp³-hybridized carbons (Fsp3) is 0.222. The first-order chi connectivity index (χ1) is 18.6. The second kappa shape index (κ2) is 12.3. The number of ether oxygens (including phenoxy) is 2. The normalized spacial score (nSPS) is 12.2. The van der Waals surface area contributed by atoms with Crippen molar-refractivity contribution in [2.45, 2.75) is 32.8 Å². The minimum absolute atomic E-state index is 0.0194. The van der Waals surface area contributed by atoms with Crippen molar-refractivity contribution in [1.29, 1.82) is 0 Å². The van der Waals surface area contributed by atoms with Gasteiger partial charge >= 0.3 is 0 Å². The summed E-state index contributed by atoms with van der Waals surface area (Å²) >= 11 is 13.5. The van der Waals surface area contributed by atoms with Gasteiger partial charge in [0.05, 0.1) is 29.2 Å². The predicted molar refractivity (Wildman–Crippen MR) is 159 cm³/mol. The van der Waals surface area contributed by atoms with Gasteiger partial charge in [-0.3, -0.25) is 14.9 Å². The third-order valence-corrected chi connectivity index (χ3v) is 8.02. The molecule has 0 radical (unpaired) electrons. The van der Waals surface area contributed by atoms with Crippen molar-refractivity contribution >= 4 is 66.3 Å². The number of hydrogen-bond donors (Lipinski definition) is 0. The largest absolute Gasteiger partial charge is 0.493 e. The molecule has 1 atom stereocenters. The standard InChI is InChI=1S/C27H23Br2ClN4O5/c1-4-15(2)26-32-21-9-8-18(28)12-20(21)27(35)33(26)31-13-17-11-22(38-3)25(24(30)23(17)29)39-14-16-6-5-7-19(10-16)34(36)37/h5-13,15H,4,14H2,1-3H3/t15-/m1/s1. The molecule has 4 rings (SSSR count). The molecule has 4 aromatic rings. The molecule has 0 spiro atoms. The van der Waals surface area contributed by atoms with E-state index in [1.807, 2.05) is 19.9 Å². The number of aromatic nitrogens is 2. The number of halogens is 3. The molecule has 0 aliphatic heterocycles. The first kappa shape index (κ1) is 28.7. The fourth-order valence-corrected chi connectivity index (χ4v) is 4.81. The minimum atomic E-state index is -0.469. The van der Waals surface area contributed by atoms with Crippen LogP contribution in [0.15, 0.2) is 67.4 Å². The average molecular weight is 679 g/mol. The van der Waals surface area contributed by atoms with E-state index in [-0.39, 0.29) is 34.5 Å². The summed E-state index contributed by atoms with van der Waals surface area (Å²) in [5.41, 5.74) is 1.40. The van der Waals surface area contributed by atoms with Crippen LogP contribution in [0, 0.1) is 10.1 Å². The molecule has 39 heavy (non-hydrogen) atoms. The van der Waals surface area contributed by atoms with Crippen LogP contribution in [-0.2, 0) is 6.61 Å². The van der Waals surface area contributed by atoms with Gasteiger partial charge in [-0.25, -0.2) is 4.98 Å². The van der Waals surface area contributed by atoms with Crippen LogP contribution in [0.25, 0.3) is 10.9 Å². The minimum Gasteiger partial charge on any atom is -0.493 e. The van der Waals surface area contributed by atoms with Crippen LogP contribution in [0.1, 0.15) is 43.1 Å². The average Bonchev–Trinajstić information content (AvgIpc) is 2.93. The smallest absolute Gasteiger partial charge is 0.282 e. The molecule has 0 N–H and O–H groups in total. The van der Waals surface area contributed by atoms with Crippen LogP contribution >= 0.6 is 43.5 Å². The Morgan fingerprint density at radius 1 is 1.23 bits per heavy atom. The molecule has 1 aromatic heterocycles. The fourth-order valence-electron chi connectivity index (χ4n) is 3.80. The van der Waals surface area contributed by atoms with Crippen molar-refractivity contribution in [3.8, 4) is 11.5 Å². The van der Waals surface area contributed by atoms with E-state index in [1.165, 1.54) is 30.1 Å². The maximum absolute atomic E-state index is 13.4. The maximum Gasteiger partial charge on any atom is 0.282 e. The van der Waals surface area contributed by atoms with E-state index in [1.54, 1.807) is 30.3 Å². The van der Waals surface area contributed by atoms with Gasteiger partial charge < -0.3 is 9.47 Å². The Hall–Kier alpha value is -3.28. The highest BCUT2D eigenvalue weighted by atomic mass is 79.9. The van der Waals surface area contributed by atoms with E-state index in [4.69, 9.17) is 26.1 Å². The van der Waals surface area contributed by atoms with Gasteiger partial charge in [0.25, 0.3) is 11.2 Å². The van der Waals surface area contributed by atoms with Crippen LogP contribution in [0.4, 0.5) is 5.69 Å². The number of rotatable bonds is 9. The molecule has 0 aliphatic carbocycles. The second-order valence-electron chi connectivity index (χ2n) is 8.64. The summed E-state index contributed by atoms with van der Waals surface area (Å²) in [6.45, 7) is 4.04. The van der Waals surface area contributed by atoms with Gasteiger partial charge in [-0.2, -0.15) is 9.78 Å². The highest BCUT2D eigenvalue weighted by Gasteiger charge is 2.19. The SMILES string of the molecule is CC[C@@H](C)c1nc2ccc(Br)cc2c(=O)n1N=Cc1cc(OC)c(OCc2cccc([N+](=O)[O-])c2)c(Cl)c1Br. The summed E-state index contributed by atoms with van der Waals surface area (Å²) in [5, 5.41) is 16.2. The molecule has 0 saturated carbocycles. The highest BCUT2D eigenvalue weighted by molar-refractivity contribution is 9.10. The van der Waals surface area contributed by atoms with Crippen molar-refractivity contribution in [1.82, 2.24) is 9.66 Å². The number of methoxy groups -OCH3 is 1. The number of hydrogen-bond acceptors (Lipinski definition) is 7. The van der Waals surface area contributed by atoms with Crippen LogP contribution in [0.2, 0.25) is 5.02 Å². The molecule has 0 fully saturated rings. The summed E-state index contributed by atoms with van der Waals surface area (Å²) in [7, 11) is 1.47. The Morgan fingerprint density at radius 3 is 2.69 bits per heavy atom. The van der Waals surface area contributed by atoms with E-state index < -0.39 is 4.92 Å². The zero-order valence-corrected chi connectivity index (χ0v) is 25.1. The Bertz CT molecular complexity index is 1660. The molecular weight excluding hydrogens is 656 g/mol. The van der Waals surface area contributed by atoms with Crippen molar-refractivity contribution in [3.05, 3.63) is 99.9 Å². The van der Waals surface area contributed by atoms with Gasteiger partial charge in [0.1, 0.15) is 17.5 Å². The Balaban J connectivity index is 1.73. The number of nitro groups is 1. The lowest BCUT2D eigenvalue weighted by Crippen LogP contribution is -2.23. The summed E-state index contributed by atoms with van der Waals surface area (Å²) in [4.78, 5) is 28.8. The quantitative estimate of drug-likeness (QED) is 0.103. The summed E-state index contributed by atoms with van der Waals surface area (Å²) in [5.74, 6) is 1.10. The van der Waals surface area contributed by atoms with E-state index >= 15 is 0 Å². The first-order valence-corrected chi connectivity index (χ1v) is 13.8. The molecule has 3 aromatic carbocycles. The molecule has 9 nitrogen and oxygen atoms in total. The maximum atomic E-state index is 13.4. The second-order valence-corrected chi connectivity index (χ2v) is 10.7. The third-order valence-electron chi connectivity index (χ3n) is 6.08. The molecular formula is C27H23Br2ClN4O5. The number of non-ortho nitro benzene ring substituents is 1. The van der Waals surface area contributed by atoms with Crippen LogP contribution < -0.4 is 15.0 Å². The van der Waals surface area contributed by atoms with Crippen molar-refractivity contribution in [2.75, 3.05) is 7.11 Å². The topological polar surface area (TPSA) is 109 Å². The van der Waals surface area contributed by atoms with Gasteiger partial charge in [-0.15, -0.1) is 0 Å². The molecule has 0 aliphatic rings. The first-order valence-electron chi connectivity index (χ1n) is 11.8. The molecule has 12 heteroatoms. The highest BCUT2D eigenvalue weighted by Crippen LogP contribution is 2.42. The molecule has 0 bridgehead atoms. The van der Waals surface area contributed by atoms with Gasteiger partial charge in [0.15, 0.2) is 11.5 Å². The van der Waals surface area contributed by atoms with Gasteiger partial charge in [0, 0.05) is 32.6 Å². The lowest BCUT2D eigenvalue weighted by atomic mass is 10.1. The van der Waals surface area contributed by atoms with Crippen LogP contribution in [-0.4, -0.2) is 27.9 Å². The van der Waals surface area contributed by atoms with Crippen molar-refractivity contribution < 1.29 is 14.4 Å². The summed E-state index contributed by atoms with van der Waals surface area (Å²) in [6.07, 6.45) is 2.27. The van der Waals surface area contributed by atoms with Gasteiger partial charge in [-0.05, 0) is 52.2 Å². The number of benzene rings is 3. The molecule has 202 valence electrons. The lowest BCUT2D eigenvalue weighted by molar-refractivity contribution is -0.384. The summed E-state index contributed by atoms with van der Waals surface area (Å²) in [6, 6.07) is 13.2. The molecule has 0 saturated heterocycles. The number of fused-ring (bicyclic) bond motifs is 1. The Labute approximate surface area is 245 Å². The zero-order valence-electron chi connectivity index (χ0n) is 21.2. The van der Waals surface area contributed by atoms with E-state index in [0.29, 0.717) is 38.1 Å². The van der Waals surface area contributed by atoms with Crippen molar-refractivity contribution in [2.24, 2.45) is 5.10 Å². The monoisotopic (exact) mass is 676 g/mol. The Morgan fingerprint density at radius 2 is 2.00 bits per heavy atom. The number of nitro benzene ring substituents is 1.